The molecule has 0 radical (unpaired) electrons. The summed E-state index contributed by atoms with van der Waals surface area (Å²) in [5.41, 5.74) is 3.98. The van der Waals surface area contributed by atoms with Crippen molar-refractivity contribution in [3.8, 4) is 0 Å². The monoisotopic (exact) mass is 268 g/mol. The van der Waals surface area contributed by atoms with Gasteiger partial charge in [-0.2, -0.15) is 5.10 Å². The van der Waals surface area contributed by atoms with Crippen molar-refractivity contribution in [2.24, 2.45) is 5.73 Å². The van der Waals surface area contributed by atoms with Gasteiger partial charge in [-0.05, 0) is 13.0 Å². The SMILES string of the molecule is CC(N)[C@](O)(Cn1cncn1)c1ccc(F)cc1F. The van der Waals surface area contributed by atoms with E-state index in [1.165, 1.54) is 23.4 Å². The Morgan fingerprint density at radius 1 is 1.47 bits per heavy atom. The van der Waals surface area contributed by atoms with Gasteiger partial charge in [0.05, 0.1) is 6.54 Å². The van der Waals surface area contributed by atoms with Crippen molar-refractivity contribution in [3.63, 3.8) is 0 Å². The third kappa shape index (κ3) is 2.61. The highest BCUT2D eigenvalue weighted by Crippen LogP contribution is 2.28. The molecule has 2 aromatic rings. The van der Waals surface area contributed by atoms with Crippen LogP contribution in [0, 0.1) is 11.6 Å². The number of aromatic nitrogens is 3. The molecule has 0 aliphatic heterocycles. The summed E-state index contributed by atoms with van der Waals surface area (Å²) >= 11 is 0. The van der Waals surface area contributed by atoms with Crippen LogP contribution in [-0.2, 0) is 12.1 Å². The first kappa shape index (κ1) is 13.6. The van der Waals surface area contributed by atoms with Gasteiger partial charge in [-0.1, -0.05) is 6.07 Å². The molecule has 0 saturated heterocycles. The normalized spacial score (nSPS) is 16.1. The molecule has 1 unspecified atom stereocenters. The lowest BCUT2D eigenvalue weighted by atomic mass is 9.87. The van der Waals surface area contributed by atoms with Crippen molar-refractivity contribution in [2.45, 2.75) is 25.1 Å². The summed E-state index contributed by atoms with van der Waals surface area (Å²) in [6.45, 7) is 1.47. The summed E-state index contributed by atoms with van der Waals surface area (Å²) < 4.78 is 28.1. The van der Waals surface area contributed by atoms with Gasteiger partial charge in [-0.15, -0.1) is 0 Å². The Morgan fingerprint density at radius 2 is 2.21 bits per heavy atom. The molecule has 1 heterocycles. The molecule has 5 nitrogen and oxygen atoms in total. The Labute approximate surface area is 108 Å². The Morgan fingerprint density at radius 3 is 2.74 bits per heavy atom. The van der Waals surface area contributed by atoms with E-state index < -0.39 is 23.3 Å². The summed E-state index contributed by atoms with van der Waals surface area (Å²) in [5, 5.41) is 14.5. The van der Waals surface area contributed by atoms with Gasteiger partial charge in [0, 0.05) is 17.7 Å². The number of aliphatic hydroxyl groups is 1. The van der Waals surface area contributed by atoms with Crippen molar-refractivity contribution in [3.05, 3.63) is 48.1 Å². The molecule has 0 aliphatic carbocycles. The highest BCUT2D eigenvalue weighted by molar-refractivity contribution is 5.26. The zero-order valence-electron chi connectivity index (χ0n) is 10.3. The van der Waals surface area contributed by atoms with Crippen molar-refractivity contribution in [2.75, 3.05) is 0 Å². The Balaban J connectivity index is 2.43. The van der Waals surface area contributed by atoms with Gasteiger partial charge in [-0.3, -0.25) is 0 Å². The van der Waals surface area contributed by atoms with E-state index in [9.17, 15) is 13.9 Å². The number of nitrogens with zero attached hydrogens (tertiary/aromatic N) is 3. The molecule has 0 amide bonds. The Bertz CT molecular complexity index is 559. The smallest absolute Gasteiger partial charge is 0.137 e. The topological polar surface area (TPSA) is 77.0 Å². The van der Waals surface area contributed by atoms with Crippen LogP contribution in [0.2, 0.25) is 0 Å². The van der Waals surface area contributed by atoms with Crippen molar-refractivity contribution >= 4 is 0 Å². The van der Waals surface area contributed by atoms with Gasteiger partial charge in [-0.25, -0.2) is 18.4 Å². The Hall–Kier alpha value is -1.86. The van der Waals surface area contributed by atoms with E-state index in [1.54, 1.807) is 6.92 Å². The molecule has 0 fully saturated rings. The molecule has 2 rings (SSSR count). The minimum atomic E-state index is -1.70. The Kier molecular flexibility index (Phi) is 3.59. The summed E-state index contributed by atoms with van der Waals surface area (Å²) in [4.78, 5) is 3.74. The third-order valence-corrected chi connectivity index (χ3v) is 3.02. The minimum absolute atomic E-state index is 0.0700. The summed E-state index contributed by atoms with van der Waals surface area (Å²) in [6, 6.07) is 2.19. The van der Waals surface area contributed by atoms with Crippen LogP contribution in [-0.4, -0.2) is 25.9 Å². The fourth-order valence-corrected chi connectivity index (χ4v) is 1.88. The van der Waals surface area contributed by atoms with Crippen LogP contribution < -0.4 is 5.73 Å². The lowest BCUT2D eigenvalue weighted by Gasteiger charge is -2.32. The number of hydrogen-bond acceptors (Lipinski definition) is 4. The van der Waals surface area contributed by atoms with Crippen LogP contribution >= 0.6 is 0 Å². The van der Waals surface area contributed by atoms with Gasteiger partial charge in [0.2, 0.25) is 0 Å². The summed E-state index contributed by atoms with van der Waals surface area (Å²) in [6.07, 6.45) is 2.68. The quantitative estimate of drug-likeness (QED) is 0.859. The first-order valence-corrected chi connectivity index (χ1v) is 5.69. The average Bonchev–Trinajstić information content (AvgIpc) is 2.81. The predicted octanol–water partition coefficient (Wildman–Crippen LogP) is 0.791. The van der Waals surface area contributed by atoms with Gasteiger partial charge >= 0.3 is 0 Å². The highest BCUT2D eigenvalue weighted by Gasteiger charge is 2.37. The number of halogens is 2. The van der Waals surface area contributed by atoms with Crippen LogP contribution in [0.3, 0.4) is 0 Å². The zero-order chi connectivity index (χ0) is 14.0. The number of nitrogens with two attached hydrogens (primary N) is 1. The predicted molar refractivity (Wildman–Crippen MR) is 63.9 cm³/mol. The maximum atomic E-state index is 13.8. The fourth-order valence-electron chi connectivity index (χ4n) is 1.88. The molecule has 1 aromatic carbocycles. The second kappa shape index (κ2) is 5.02. The molecule has 3 N–H and O–H groups in total. The van der Waals surface area contributed by atoms with E-state index in [4.69, 9.17) is 5.73 Å². The third-order valence-electron chi connectivity index (χ3n) is 3.02. The molecule has 2 atom stereocenters. The lowest BCUT2D eigenvalue weighted by Crippen LogP contribution is -2.47. The van der Waals surface area contributed by atoms with E-state index in [0.29, 0.717) is 6.07 Å². The van der Waals surface area contributed by atoms with Crippen molar-refractivity contribution in [1.82, 2.24) is 14.8 Å². The van der Waals surface area contributed by atoms with Crippen LogP contribution in [0.5, 0.6) is 0 Å². The standard InChI is InChI=1S/C12H14F2N4O/c1-8(15)12(19,5-18-7-16-6-17-18)10-3-2-9(13)4-11(10)14/h2-4,6-8,19H,5,15H2,1H3/t8?,12-/m1/s1. The summed E-state index contributed by atoms with van der Waals surface area (Å²) in [5.74, 6) is -1.56. The first-order valence-electron chi connectivity index (χ1n) is 5.69. The molecule has 0 spiro atoms. The molecule has 19 heavy (non-hydrogen) atoms. The van der Waals surface area contributed by atoms with Gasteiger partial charge in [0.15, 0.2) is 0 Å². The largest absolute Gasteiger partial charge is 0.381 e. The average molecular weight is 268 g/mol. The first-order chi connectivity index (χ1) is 8.93. The summed E-state index contributed by atoms with van der Waals surface area (Å²) in [7, 11) is 0. The second-order valence-corrected chi connectivity index (χ2v) is 4.43. The van der Waals surface area contributed by atoms with E-state index in [2.05, 4.69) is 10.1 Å². The maximum Gasteiger partial charge on any atom is 0.137 e. The molecular formula is C12H14F2N4O. The van der Waals surface area contributed by atoms with E-state index >= 15 is 0 Å². The minimum Gasteiger partial charge on any atom is -0.381 e. The number of benzene rings is 1. The zero-order valence-corrected chi connectivity index (χ0v) is 10.3. The molecule has 102 valence electrons. The van der Waals surface area contributed by atoms with E-state index in [-0.39, 0.29) is 12.1 Å². The molecule has 0 aliphatic rings. The van der Waals surface area contributed by atoms with E-state index in [1.807, 2.05) is 0 Å². The maximum absolute atomic E-state index is 13.8. The second-order valence-electron chi connectivity index (χ2n) is 4.43. The van der Waals surface area contributed by atoms with Gasteiger partial charge < -0.3 is 10.8 Å². The number of hydrogen-bond donors (Lipinski definition) is 2. The molecule has 0 bridgehead atoms. The van der Waals surface area contributed by atoms with Crippen LogP contribution in [0.1, 0.15) is 12.5 Å². The van der Waals surface area contributed by atoms with Crippen LogP contribution in [0.25, 0.3) is 0 Å². The van der Waals surface area contributed by atoms with Gasteiger partial charge in [0.25, 0.3) is 0 Å². The van der Waals surface area contributed by atoms with Crippen LogP contribution in [0.15, 0.2) is 30.9 Å². The lowest BCUT2D eigenvalue weighted by molar-refractivity contribution is -0.00856. The van der Waals surface area contributed by atoms with Crippen LogP contribution in [0.4, 0.5) is 8.78 Å². The molecule has 7 heteroatoms. The van der Waals surface area contributed by atoms with Gasteiger partial charge in [0.1, 0.15) is 29.9 Å². The molecule has 0 saturated carbocycles. The van der Waals surface area contributed by atoms with E-state index in [0.717, 1.165) is 6.07 Å². The van der Waals surface area contributed by atoms with Crippen molar-refractivity contribution in [1.29, 1.82) is 0 Å². The number of rotatable bonds is 4. The molecular weight excluding hydrogens is 254 g/mol. The molecule has 1 aromatic heterocycles. The van der Waals surface area contributed by atoms with Crippen molar-refractivity contribution < 1.29 is 13.9 Å². The highest BCUT2D eigenvalue weighted by atomic mass is 19.1. The fraction of sp³-hybridized carbons (Fsp3) is 0.333.